The SMILES string of the molecule is CC(C)NCc1cc(Cl)ccc1-c1ccc(N(C)C)cc1. The molecule has 0 saturated heterocycles. The van der Waals surface area contributed by atoms with Gasteiger partial charge in [-0.1, -0.05) is 43.6 Å². The van der Waals surface area contributed by atoms with Gasteiger partial charge in [0.15, 0.2) is 0 Å². The molecule has 21 heavy (non-hydrogen) atoms. The maximum absolute atomic E-state index is 6.15. The highest BCUT2D eigenvalue weighted by Crippen LogP contribution is 2.28. The van der Waals surface area contributed by atoms with Crippen LogP contribution in [0.4, 0.5) is 5.69 Å². The van der Waals surface area contributed by atoms with Crippen molar-refractivity contribution in [3.8, 4) is 11.1 Å². The van der Waals surface area contributed by atoms with Crippen LogP contribution in [0.3, 0.4) is 0 Å². The molecule has 2 aromatic carbocycles. The molecule has 0 bridgehead atoms. The van der Waals surface area contributed by atoms with Gasteiger partial charge in [0, 0.05) is 37.4 Å². The minimum absolute atomic E-state index is 0.452. The molecular formula is C18H23ClN2. The Morgan fingerprint density at radius 2 is 1.71 bits per heavy atom. The lowest BCUT2D eigenvalue weighted by Crippen LogP contribution is -2.22. The topological polar surface area (TPSA) is 15.3 Å². The van der Waals surface area contributed by atoms with Crippen LogP contribution in [-0.4, -0.2) is 20.1 Å². The molecule has 2 aromatic rings. The summed E-state index contributed by atoms with van der Waals surface area (Å²) in [6.07, 6.45) is 0. The van der Waals surface area contributed by atoms with Gasteiger partial charge in [0.05, 0.1) is 0 Å². The Morgan fingerprint density at radius 1 is 1.05 bits per heavy atom. The fourth-order valence-corrected chi connectivity index (χ4v) is 2.44. The average Bonchev–Trinajstić information content (AvgIpc) is 2.45. The third-order valence-corrected chi connectivity index (χ3v) is 3.70. The normalized spacial score (nSPS) is 11.0. The van der Waals surface area contributed by atoms with Gasteiger partial charge < -0.3 is 10.2 Å². The highest BCUT2D eigenvalue weighted by atomic mass is 35.5. The molecule has 0 aliphatic carbocycles. The van der Waals surface area contributed by atoms with E-state index in [2.05, 4.69) is 68.5 Å². The number of rotatable bonds is 5. The quantitative estimate of drug-likeness (QED) is 0.870. The first kappa shape index (κ1) is 15.9. The molecule has 1 N–H and O–H groups in total. The van der Waals surface area contributed by atoms with E-state index >= 15 is 0 Å². The number of hydrogen-bond acceptors (Lipinski definition) is 2. The number of nitrogens with one attached hydrogen (secondary N) is 1. The van der Waals surface area contributed by atoms with Gasteiger partial charge in [-0.15, -0.1) is 0 Å². The Balaban J connectivity index is 2.33. The summed E-state index contributed by atoms with van der Waals surface area (Å²) in [7, 11) is 4.10. The molecule has 0 atom stereocenters. The molecule has 3 heteroatoms. The molecule has 0 spiro atoms. The summed E-state index contributed by atoms with van der Waals surface area (Å²) in [5.74, 6) is 0. The van der Waals surface area contributed by atoms with Gasteiger partial charge >= 0.3 is 0 Å². The monoisotopic (exact) mass is 302 g/mol. The molecule has 2 nitrogen and oxygen atoms in total. The third-order valence-electron chi connectivity index (χ3n) is 3.46. The zero-order chi connectivity index (χ0) is 15.4. The van der Waals surface area contributed by atoms with Crippen LogP contribution in [0.15, 0.2) is 42.5 Å². The summed E-state index contributed by atoms with van der Waals surface area (Å²) in [5.41, 5.74) is 4.89. The van der Waals surface area contributed by atoms with Gasteiger partial charge in [-0.25, -0.2) is 0 Å². The second-order valence-electron chi connectivity index (χ2n) is 5.78. The van der Waals surface area contributed by atoms with E-state index in [-0.39, 0.29) is 0 Å². The van der Waals surface area contributed by atoms with Crippen LogP contribution in [0.25, 0.3) is 11.1 Å². The molecule has 2 rings (SSSR count). The van der Waals surface area contributed by atoms with Crippen molar-refractivity contribution in [1.29, 1.82) is 0 Å². The minimum atomic E-state index is 0.452. The average molecular weight is 303 g/mol. The van der Waals surface area contributed by atoms with E-state index in [1.807, 2.05) is 12.1 Å². The predicted octanol–water partition coefficient (Wildman–Crippen LogP) is 4.57. The van der Waals surface area contributed by atoms with Crippen molar-refractivity contribution >= 4 is 17.3 Å². The molecule has 0 aliphatic heterocycles. The molecule has 0 saturated carbocycles. The van der Waals surface area contributed by atoms with Crippen molar-refractivity contribution in [3.05, 3.63) is 53.1 Å². The lowest BCUT2D eigenvalue weighted by Gasteiger charge is -2.15. The molecule has 0 unspecified atom stereocenters. The van der Waals surface area contributed by atoms with Crippen molar-refractivity contribution < 1.29 is 0 Å². The number of nitrogens with zero attached hydrogens (tertiary/aromatic N) is 1. The van der Waals surface area contributed by atoms with E-state index in [4.69, 9.17) is 11.6 Å². The van der Waals surface area contributed by atoms with Crippen LogP contribution in [-0.2, 0) is 6.54 Å². The lowest BCUT2D eigenvalue weighted by atomic mass is 9.99. The highest BCUT2D eigenvalue weighted by Gasteiger charge is 2.07. The first-order valence-corrected chi connectivity index (χ1v) is 7.64. The molecule has 0 aromatic heterocycles. The summed E-state index contributed by atoms with van der Waals surface area (Å²) in [6.45, 7) is 5.12. The van der Waals surface area contributed by atoms with Crippen molar-refractivity contribution in [2.75, 3.05) is 19.0 Å². The smallest absolute Gasteiger partial charge is 0.0409 e. The van der Waals surface area contributed by atoms with E-state index in [1.165, 1.54) is 22.4 Å². The van der Waals surface area contributed by atoms with Crippen LogP contribution < -0.4 is 10.2 Å². The molecule has 0 radical (unpaired) electrons. The van der Waals surface area contributed by atoms with Gasteiger partial charge in [0.1, 0.15) is 0 Å². The number of hydrogen-bond donors (Lipinski definition) is 1. The minimum Gasteiger partial charge on any atom is -0.378 e. The molecular weight excluding hydrogens is 280 g/mol. The highest BCUT2D eigenvalue weighted by molar-refractivity contribution is 6.30. The summed E-state index contributed by atoms with van der Waals surface area (Å²) in [4.78, 5) is 2.10. The maximum atomic E-state index is 6.15. The van der Waals surface area contributed by atoms with Crippen LogP contribution in [0.1, 0.15) is 19.4 Å². The van der Waals surface area contributed by atoms with Gasteiger partial charge in [-0.3, -0.25) is 0 Å². The predicted molar refractivity (Wildman–Crippen MR) is 93.2 cm³/mol. The first-order valence-electron chi connectivity index (χ1n) is 7.27. The second-order valence-corrected chi connectivity index (χ2v) is 6.21. The fraction of sp³-hybridized carbons (Fsp3) is 0.333. The van der Waals surface area contributed by atoms with E-state index in [0.717, 1.165) is 11.6 Å². The van der Waals surface area contributed by atoms with Gasteiger partial charge in [0.2, 0.25) is 0 Å². The van der Waals surface area contributed by atoms with Crippen LogP contribution >= 0.6 is 11.6 Å². The van der Waals surface area contributed by atoms with E-state index in [0.29, 0.717) is 6.04 Å². The fourth-order valence-electron chi connectivity index (χ4n) is 2.24. The van der Waals surface area contributed by atoms with Crippen LogP contribution in [0.5, 0.6) is 0 Å². The van der Waals surface area contributed by atoms with E-state index < -0.39 is 0 Å². The van der Waals surface area contributed by atoms with Crippen molar-refractivity contribution in [1.82, 2.24) is 5.32 Å². The van der Waals surface area contributed by atoms with Gasteiger partial charge in [-0.2, -0.15) is 0 Å². The van der Waals surface area contributed by atoms with E-state index in [9.17, 15) is 0 Å². The van der Waals surface area contributed by atoms with Crippen molar-refractivity contribution in [2.45, 2.75) is 26.4 Å². The van der Waals surface area contributed by atoms with Gasteiger partial charge in [-0.05, 0) is 41.0 Å². The standard InChI is InChI=1S/C18H23ClN2/c1-13(2)20-12-15-11-16(19)7-10-18(15)14-5-8-17(9-6-14)21(3)4/h5-11,13,20H,12H2,1-4H3. The second kappa shape index (κ2) is 6.97. The van der Waals surface area contributed by atoms with Gasteiger partial charge in [0.25, 0.3) is 0 Å². The summed E-state index contributed by atoms with van der Waals surface area (Å²) in [6, 6.07) is 15.2. The van der Waals surface area contributed by atoms with Crippen LogP contribution in [0, 0.1) is 0 Å². The molecule has 0 heterocycles. The Bertz CT molecular complexity index is 589. The van der Waals surface area contributed by atoms with Crippen LogP contribution in [0.2, 0.25) is 5.02 Å². The maximum Gasteiger partial charge on any atom is 0.0409 e. The Labute approximate surface area is 132 Å². The zero-order valence-corrected chi connectivity index (χ0v) is 13.9. The Morgan fingerprint density at radius 3 is 2.29 bits per heavy atom. The summed E-state index contributed by atoms with van der Waals surface area (Å²) >= 11 is 6.15. The lowest BCUT2D eigenvalue weighted by molar-refractivity contribution is 0.589. The molecule has 112 valence electrons. The van der Waals surface area contributed by atoms with E-state index in [1.54, 1.807) is 0 Å². The number of halogens is 1. The summed E-state index contributed by atoms with van der Waals surface area (Å²) in [5, 5.41) is 4.24. The molecule has 0 amide bonds. The Hall–Kier alpha value is -1.51. The third kappa shape index (κ3) is 4.23. The summed E-state index contributed by atoms with van der Waals surface area (Å²) < 4.78 is 0. The first-order chi connectivity index (χ1) is 9.97. The van der Waals surface area contributed by atoms with Crippen molar-refractivity contribution in [3.63, 3.8) is 0 Å². The zero-order valence-electron chi connectivity index (χ0n) is 13.2. The molecule has 0 fully saturated rings. The number of benzene rings is 2. The Kier molecular flexibility index (Phi) is 5.27. The molecule has 0 aliphatic rings. The largest absolute Gasteiger partial charge is 0.378 e. The van der Waals surface area contributed by atoms with Crippen molar-refractivity contribution in [2.24, 2.45) is 0 Å². The number of anilines is 1.